The van der Waals surface area contributed by atoms with E-state index >= 15 is 0 Å². The van der Waals surface area contributed by atoms with Gasteiger partial charge in [-0.05, 0) is 47.5 Å². The molecule has 0 radical (unpaired) electrons. The van der Waals surface area contributed by atoms with Crippen LogP contribution in [-0.2, 0) is 16.1 Å². The highest BCUT2D eigenvalue weighted by Crippen LogP contribution is 2.19. The summed E-state index contributed by atoms with van der Waals surface area (Å²) < 4.78 is 10.7. The number of hydrogen-bond donors (Lipinski definition) is 0. The molecule has 0 aliphatic rings. The van der Waals surface area contributed by atoms with Crippen molar-refractivity contribution in [2.24, 2.45) is 0 Å². The molecular formula is C21H18O4. The Balaban J connectivity index is 1.55. The molecule has 3 aromatic carbocycles. The molecule has 0 aliphatic carbocycles. The monoisotopic (exact) mass is 334 g/mol. The lowest BCUT2D eigenvalue weighted by Gasteiger charge is -2.09. The number of hydrogen-bond acceptors (Lipinski definition) is 4. The maximum Gasteiger partial charge on any atom is 0.344 e. The minimum Gasteiger partial charge on any atom is -0.482 e. The number of ether oxygens (including phenoxy) is 2. The van der Waals surface area contributed by atoms with Crippen LogP contribution in [0.4, 0.5) is 0 Å². The fourth-order valence-electron chi connectivity index (χ4n) is 2.55. The molecule has 3 aromatic rings. The second-order valence-electron chi connectivity index (χ2n) is 5.67. The molecule has 4 nitrogen and oxygen atoms in total. The fourth-order valence-corrected chi connectivity index (χ4v) is 2.55. The zero-order valence-corrected chi connectivity index (χ0v) is 13.9. The summed E-state index contributed by atoms with van der Waals surface area (Å²) in [5.41, 5.74) is 1.56. The molecule has 126 valence electrons. The molecule has 0 unspecified atom stereocenters. The number of carbonyl (C=O) groups is 2. The Labute approximate surface area is 146 Å². The van der Waals surface area contributed by atoms with Crippen LogP contribution < -0.4 is 4.74 Å². The lowest BCUT2D eigenvalue weighted by Crippen LogP contribution is -2.14. The molecule has 0 aliphatic heterocycles. The van der Waals surface area contributed by atoms with Gasteiger partial charge in [-0.3, -0.25) is 4.79 Å². The van der Waals surface area contributed by atoms with Crippen molar-refractivity contribution in [3.63, 3.8) is 0 Å². The number of carbonyl (C=O) groups excluding carboxylic acids is 2. The first-order chi connectivity index (χ1) is 12.1. The molecule has 0 saturated heterocycles. The summed E-state index contributed by atoms with van der Waals surface area (Å²) in [5, 5.41) is 2.18. The van der Waals surface area contributed by atoms with E-state index in [1.54, 1.807) is 24.3 Å². The van der Waals surface area contributed by atoms with Gasteiger partial charge in [0.1, 0.15) is 12.4 Å². The molecule has 0 heterocycles. The van der Waals surface area contributed by atoms with E-state index in [0.29, 0.717) is 11.3 Å². The number of benzene rings is 3. The summed E-state index contributed by atoms with van der Waals surface area (Å²) >= 11 is 0. The quantitative estimate of drug-likeness (QED) is 0.502. The van der Waals surface area contributed by atoms with E-state index in [0.717, 1.165) is 16.3 Å². The summed E-state index contributed by atoms with van der Waals surface area (Å²) in [7, 11) is 0. The van der Waals surface area contributed by atoms with E-state index in [9.17, 15) is 9.59 Å². The predicted molar refractivity (Wildman–Crippen MR) is 95.7 cm³/mol. The molecule has 0 atom stereocenters. The Morgan fingerprint density at radius 2 is 1.60 bits per heavy atom. The van der Waals surface area contributed by atoms with Crippen LogP contribution >= 0.6 is 0 Å². The Bertz CT molecular complexity index is 892. The third-order valence-corrected chi connectivity index (χ3v) is 3.89. The molecule has 0 amide bonds. The van der Waals surface area contributed by atoms with E-state index in [2.05, 4.69) is 0 Å². The van der Waals surface area contributed by atoms with Crippen LogP contribution in [0.15, 0.2) is 66.7 Å². The fraction of sp³-hybridized carbons (Fsp3) is 0.143. The zero-order chi connectivity index (χ0) is 17.6. The van der Waals surface area contributed by atoms with Crippen LogP contribution in [0.25, 0.3) is 10.8 Å². The molecule has 0 aromatic heterocycles. The van der Waals surface area contributed by atoms with Crippen LogP contribution in [0.5, 0.6) is 5.75 Å². The van der Waals surface area contributed by atoms with Gasteiger partial charge in [-0.25, -0.2) is 4.79 Å². The molecule has 0 bridgehead atoms. The van der Waals surface area contributed by atoms with E-state index in [4.69, 9.17) is 9.47 Å². The molecule has 4 heteroatoms. The smallest absolute Gasteiger partial charge is 0.344 e. The maximum absolute atomic E-state index is 11.9. The standard InChI is InChI=1S/C21H18O4/c1-15(22)16-9-11-19(12-10-16)24-14-21(23)25-13-18-7-4-6-17-5-2-3-8-20(17)18/h2-12H,13-14H2,1H3. The Kier molecular flexibility index (Phi) is 5.09. The van der Waals surface area contributed by atoms with Gasteiger partial charge < -0.3 is 9.47 Å². The Morgan fingerprint density at radius 1 is 0.880 bits per heavy atom. The first-order valence-corrected chi connectivity index (χ1v) is 7.99. The first kappa shape index (κ1) is 16.7. The number of esters is 1. The summed E-state index contributed by atoms with van der Waals surface area (Å²) in [4.78, 5) is 23.1. The van der Waals surface area contributed by atoms with Crippen LogP contribution in [-0.4, -0.2) is 18.4 Å². The number of rotatable bonds is 6. The van der Waals surface area contributed by atoms with E-state index < -0.39 is 5.97 Å². The second kappa shape index (κ2) is 7.62. The van der Waals surface area contributed by atoms with Gasteiger partial charge in [-0.2, -0.15) is 0 Å². The average molecular weight is 334 g/mol. The molecular weight excluding hydrogens is 316 g/mol. The van der Waals surface area contributed by atoms with Crippen LogP contribution in [0.2, 0.25) is 0 Å². The van der Waals surface area contributed by atoms with Crippen LogP contribution in [0.1, 0.15) is 22.8 Å². The van der Waals surface area contributed by atoms with E-state index in [1.165, 1.54) is 6.92 Å². The highest BCUT2D eigenvalue weighted by molar-refractivity contribution is 5.94. The van der Waals surface area contributed by atoms with Gasteiger partial charge in [0.25, 0.3) is 0 Å². The third kappa shape index (κ3) is 4.23. The van der Waals surface area contributed by atoms with Crippen molar-refractivity contribution >= 4 is 22.5 Å². The Hall–Kier alpha value is -3.14. The third-order valence-electron chi connectivity index (χ3n) is 3.89. The van der Waals surface area contributed by atoms with E-state index in [-0.39, 0.29) is 19.0 Å². The van der Waals surface area contributed by atoms with Gasteiger partial charge in [0, 0.05) is 5.56 Å². The summed E-state index contributed by atoms with van der Waals surface area (Å²) in [6, 6.07) is 20.5. The van der Waals surface area contributed by atoms with Gasteiger partial charge in [0.15, 0.2) is 12.4 Å². The summed E-state index contributed by atoms with van der Waals surface area (Å²) in [6.07, 6.45) is 0. The highest BCUT2D eigenvalue weighted by atomic mass is 16.6. The van der Waals surface area contributed by atoms with Crippen molar-refractivity contribution in [2.75, 3.05) is 6.61 Å². The minimum absolute atomic E-state index is 0.0129. The van der Waals surface area contributed by atoms with Crippen molar-refractivity contribution in [1.82, 2.24) is 0 Å². The van der Waals surface area contributed by atoms with Crippen molar-refractivity contribution in [3.05, 3.63) is 77.9 Å². The van der Waals surface area contributed by atoms with Gasteiger partial charge in [0.05, 0.1) is 0 Å². The predicted octanol–water partition coefficient (Wildman–Crippen LogP) is 4.16. The highest BCUT2D eigenvalue weighted by Gasteiger charge is 2.07. The van der Waals surface area contributed by atoms with Crippen molar-refractivity contribution in [2.45, 2.75) is 13.5 Å². The molecule has 0 fully saturated rings. The number of ketones is 1. The van der Waals surface area contributed by atoms with E-state index in [1.807, 2.05) is 42.5 Å². The van der Waals surface area contributed by atoms with Crippen LogP contribution in [0.3, 0.4) is 0 Å². The molecule has 0 saturated carbocycles. The first-order valence-electron chi connectivity index (χ1n) is 7.99. The maximum atomic E-state index is 11.9. The SMILES string of the molecule is CC(=O)c1ccc(OCC(=O)OCc2cccc3ccccc23)cc1. The van der Waals surface area contributed by atoms with Crippen LogP contribution in [0, 0.1) is 0 Å². The van der Waals surface area contributed by atoms with Gasteiger partial charge in [0.2, 0.25) is 0 Å². The largest absolute Gasteiger partial charge is 0.482 e. The minimum atomic E-state index is -0.441. The molecule has 0 N–H and O–H groups in total. The summed E-state index contributed by atoms with van der Waals surface area (Å²) in [6.45, 7) is 1.53. The van der Waals surface area contributed by atoms with Gasteiger partial charge >= 0.3 is 5.97 Å². The average Bonchev–Trinajstić information content (AvgIpc) is 2.65. The van der Waals surface area contributed by atoms with Gasteiger partial charge in [-0.15, -0.1) is 0 Å². The lowest BCUT2D eigenvalue weighted by atomic mass is 10.1. The Morgan fingerprint density at radius 3 is 2.36 bits per heavy atom. The molecule has 3 rings (SSSR count). The molecule has 0 spiro atoms. The number of fused-ring (bicyclic) bond motifs is 1. The van der Waals surface area contributed by atoms with Crippen molar-refractivity contribution in [3.8, 4) is 5.75 Å². The van der Waals surface area contributed by atoms with Crippen molar-refractivity contribution in [1.29, 1.82) is 0 Å². The normalized spacial score (nSPS) is 10.4. The van der Waals surface area contributed by atoms with Crippen molar-refractivity contribution < 1.29 is 19.1 Å². The second-order valence-corrected chi connectivity index (χ2v) is 5.67. The summed E-state index contributed by atoms with van der Waals surface area (Å²) in [5.74, 6) is 0.0664. The van der Waals surface area contributed by atoms with Gasteiger partial charge in [-0.1, -0.05) is 42.5 Å². The zero-order valence-electron chi connectivity index (χ0n) is 13.9. The molecule has 25 heavy (non-hydrogen) atoms. The topological polar surface area (TPSA) is 52.6 Å². The number of Topliss-reactive ketones (excluding diaryl/α,β-unsaturated/α-hetero) is 1. The lowest BCUT2D eigenvalue weighted by molar-refractivity contribution is -0.147.